The van der Waals surface area contributed by atoms with Crippen LogP contribution in [0.4, 0.5) is 5.82 Å². The molecule has 5 nitrogen and oxygen atoms in total. The summed E-state index contributed by atoms with van der Waals surface area (Å²) in [5.41, 5.74) is 2.29. The SMILES string of the molecule is CCC(CC)Nc1nc(C)c(-c2ccc(OC)cc2Cl)nc1OC. The Balaban J connectivity index is 2.46. The fourth-order valence-corrected chi connectivity index (χ4v) is 2.76. The van der Waals surface area contributed by atoms with Crippen LogP contribution in [0.25, 0.3) is 11.3 Å². The number of aromatic nitrogens is 2. The van der Waals surface area contributed by atoms with Crippen LogP contribution in [0.1, 0.15) is 32.4 Å². The van der Waals surface area contributed by atoms with Gasteiger partial charge in [-0.15, -0.1) is 0 Å². The summed E-state index contributed by atoms with van der Waals surface area (Å²) < 4.78 is 10.6. The van der Waals surface area contributed by atoms with E-state index in [0.717, 1.165) is 24.1 Å². The number of nitrogens with zero attached hydrogens (tertiary/aromatic N) is 2. The van der Waals surface area contributed by atoms with E-state index in [1.165, 1.54) is 0 Å². The van der Waals surface area contributed by atoms with Crippen molar-refractivity contribution < 1.29 is 9.47 Å². The van der Waals surface area contributed by atoms with Gasteiger partial charge in [0.15, 0.2) is 5.82 Å². The molecule has 0 spiro atoms. The van der Waals surface area contributed by atoms with Gasteiger partial charge in [-0.25, -0.2) is 9.97 Å². The summed E-state index contributed by atoms with van der Waals surface area (Å²) >= 11 is 6.37. The molecule has 0 fully saturated rings. The summed E-state index contributed by atoms with van der Waals surface area (Å²) in [7, 11) is 3.20. The Morgan fingerprint density at radius 1 is 1.12 bits per heavy atom. The second-order valence-electron chi connectivity index (χ2n) is 5.52. The number of hydrogen-bond donors (Lipinski definition) is 1. The largest absolute Gasteiger partial charge is 0.497 e. The highest BCUT2D eigenvalue weighted by molar-refractivity contribution is 6.33. The van der Waals surface area contributed by atoms with Crippen LogP contribution in [0.15, 0.2) is 18.2 Å². The molecule has 0 amide bonds. The zero-order chi connectivity index (χ0) is 17.7. The molecule has 0 atom stereocenters. The summed E-state index contributed by atoms with van der Waals surface area (Å²) in [5, 5.41) is 3.96. The maximum atomic E-state index is 6.37. The molecule has 0 radical (unpaired) electrons. The van der Waals surface area contributed by atoms with E-state index in [-0.39, 0.29) is 0 Å². The molecule has 0 unspecified atom stereocenters. The number of nitrogens with one attached hydrogen (secondary N) is 1. The molecule has 0 aliphatic rings. The molecule has 0 aliphatic heterocycles. The fraction of sp³-hybridized carbons (Fsp3) is 0.444. The average molecular weight is 350 g/mol. The maximum Gasteiger partial charge on any atom is 0.257 e. The van der Waals surface area contributed by atoms with E-state index in [1.807, 2.05) is 19.1 Å². The Hall–Kier alpha value is -2.01. The van der Waals surface area contributed by atoms with Crippen molar-refractivity contribution in [2.24, 2.45) is 0 Å². The molecule has 2 rings (SSSR count). The van der Waals surface area contributed by atoms with Gasteiger partial charge in [0.25, 0.3) is 5.88 Å². The molecule has 130 valence electrons. The smallest absolute Gasteiger partial charge is 0.257 e. The lowest BCUT2D eigenvalue weighted by molar-refractivity contribution is 0.397. The van der Waals surface area contributed by atoms with Gasteiger partial charge in [-0.05, 0) is 38.0 Å². The summed E-state index contributed by atoms with van der Waals surface area (Å²) in [4.78, 5) is 9.28. The van der Waals surface area contributed by atoms with Gasteiger partial charge in [0.2, 0.25) is 0 Å². The molecule has 1 aromatic heterocycles. The first-order valence-electron chi connectivity index (χ1n) is 8.07. The van der Waals surface area contributed by atoms with Gasteiger partial charge in [0, 0.05) is 11.6 Å². The van der Waals surface area contributed by atoms with Gasteiger partial charge in [0.05, 0.1) is 30.6 Å². The molecule has 1 N–H and O–H groups in total. The minimum absolute atomic E-state index is 0.336. The van der Waals surface area contributed by atoms with Crippen LogP contribution < -0.4 is 14.8 Å². The fourth-order valence-electron chi connectivity index (χ4n) is 2.50. The molecule has 0 aliphatic carbocycles. The van der Waals surface area contributed by atoms with Crippen molar-refractivity contribution in [3.8, 4) is 22.9 Å². The Bertz CT molecular complexity index is 703. The van der Waals surface area contributed by atoms with E-state index in [4.69, 9.17) is 21.1 Å². The lowest BCUT2D eigenvalue weighted by Gasteiger charge is -2.18. The van der Waals surface area contributed by atoms with Gasteiger partial charge in [-0.3, -0.25) is 0 Å². The van der Waals surface area contributed by atoms with Crippen LogP contribution in [0, 0.1) is 6.92 Å². The average Bonchev–Trinajstić information content (AvgIpc) is 2.60. The molecule has 1 aromatic carbocycles. The number of methoxy groups -OCH3 is 2. The zero-order valence-electron chi connectivity index (χ0n) is 14.8. The Kier molecular flexibility index (Phi) is 6.26. The molecule has 0 saturated heterocycles. The number of ether oxygens (including phenoxy) is 2. The Morgan fingerprint density at radius 3 is 2.38 bits per heavy atom. The number of aryl methyl sites for hydroxylation is 1. The second-order valence-corrected chi connectivity index (χ2v) is 5.93. The Morgan fingerprint density at radius 2 is 1.83 bits per heavy atom. The van der Waals surface area contributed by atoms with Crippen LogP contribution in [0.5, 0.6) is 11.6 Å². The van der Waals surface area contributed by atoms with E-state index in [2.05, 4.69) is 29.1 Å². The molecule has 2 aromatic rings. The lowest BCUT2D eigenvalue weighted by atomic mass is 10.1. The first-order valence-corrected chi connectivity index (χ1v) is 8.44. The second kappa shape index (κ2) is 8.20. The van der Waals surface area contributed by atoms with Crippen molar-refractivity contribution in [2.75, 3.05) is 19.5 Å². The summed E-state index contributed by atoms with van der Waals surface area (Å²) in [6.07, 6.45) is 2.01. The van der Waals surface area contributed by atoms with Gasteiger partial charge < -0.3 is 14.8 Å². The molecular formula is C18H24ClN3O2. The van der Waals surface area contributed by atoms with Crippen LogP contribution in [-0.4, -0.2) is 30.2 Å². The van der Waals surface area contributed by atoms with Gasteiger partial charge in [0.1, 0.15) is 5.75 Å². The lowest BCUT2D eigenvalue weighted by Crippen LogP contribution is -2.19. The van der Waals surface area contributed by atoms with Crippen molar-refractivity contribution in [1.82, 2.24) is 9.97 Å². The van der Waals surface area contributed by atoms with Crippen molar-refractivity contribution in [2.45, 2.75) is 39.7 Å². The molecule has 1 heterocycles. The summed E-state index contributed by atoms with van der Waals surface area (Å²) in [5.74, 6) is 1.83. The molecule has 0 saturated carbocycles. The summed E-state index contributed by atoms with van der Waals surface area (Å²) in [6.45, 7) is 6.19. The quantitative estimate of drug-likeness (QED) is 0.783. The maximum absolute atomic E-state index is 6.37. The first-order chi connectivity index (χ1) is 11.5. The molecular weight excluding hydrogens is 326 g/mol. The van der Waals surface area contributed by atoms with Crippen molar-refractivity contribution >= 4 is 17.4 Å². The number of rotatable bonds is 7. The monoisotopic (exact) mass is 349 g/mol. The van der Waals surface area contributed by atoms with Crippen LogP contribution in [0.2, 0.25) is 5.02 Å². The normalized spacial score (nSPS) is 10.8. The third-order valence-corrected chi connectivity index (χ3v) is 4.30. The third-order valence-electron chi connectivity index (χ3n) is 3.99. The van der Waals surface area contributed by atoms with Gasteiger partial charge in [-0.2, -0.15) is 0 Å². The minimum atomic E-state index is 0.336. The highest BCUT2D eigenvalue weighted by atomic mass is 35.5. The number of hydrogen-bond acceptors (Lipinski definition) is 5. The predicted molar refractivity (Wildman–Crippen MR) is 98.3 cm³/mol. The van der Waals surface area contributed by atoms with Crippen molar-refractivity contribution in [3.05, 3.63) is 28.9 Å². The number of halogens is 1. The van der Waals surface area contributed by atoms with E-state index >= 15 is 0 Å². The van der Waals surface area contributed by atoms with Crippen LogP contribution >= 0.6 is 11.6 Å². The standard InChI is InChI=1S/C18H24ClN3O2/c1-6-12(7-2)21-17-18(24-5)22-16(11(3)20-17)14-9-8-13(23-4)10-15(14)19/h8-10,12H,6-7H2,1-5H3,(H,20,21). The minimum Gasteiger partial charge on any atom is -0.497 e. The third kappa shape index (κ3) is 3.90. The van der Waals surface area contributed by atoms with E-state index in [9.17, 15) is 0 Å². The highest BCUT2D eigenvalue weighted by Gasteiger charge is 2.17. The zero-order valence-corrected chi connectivity index (χ0v) is 15.6. The highest BCUT2D eigenvalue weighted by Crippen LogP contribution is 2.34. The topological polar surface area (TPSA) is 56.3 Å². The predicted octanol–water partition coefficient (Wildman–Crippen LogP) is 4.72. The summed E-state index contributed by atoms with van der Waals surface area (Å²) in [6, 6.07) is 5.83. The van der Waals surface area contributed by atoms with Crippen LogP contribution in [-0.2, 0) is 0 Å². The van der Waals surface area contributed by atoms with E-state index in [1.54, 1.807) is 20.3 Å². The number of benzene rings is 1. The van der Waals surface area contributed by atoms with Crippen molar-refractivity contribution in [1.29, 1.82) is 0 Å². The molecule has 6 heteroatoms. The first kappa shape index (κ1) is 18.3. The van der Waals surface area contributed by atoms with Crippen molar-refractivity contribution in [3.63, 3.8) is 0 Å². The van der Waals surface area contributed by atoms with E-state index < -0.39 is 0 Å². The molecule has 0 bridgehead atoms. The van der Waals surface area contributed by atoms with Crippen LogP contribution in [0.3, 0.4) is 0 Å². The number of anilines is 1. The van der Waals surface area contributed by atoms with Gasteiger partial charge >= 0.3 is 0 Å². The van der Waals surface area contributed by atoms with E-state index in [0.29, 0.717) is 34.2 Å². The molecule has 24 heavy (non-hydrogen) atoms. The Labute approximate surface area is 148 Å². The van der Waals surface area contributed by atoms with Gasteiger partial charge in [-0.1, -0.05) is 25.4 Å².